The number of para-hydroxylation sites is 2. The molecule has 6 nitrogen and oxygen atoms in total. The molecule has 2 aromatic rings. The topological polar surface area (TPSA) is 75.1 Å². The number of methoxy groups -OCH3 is 1. The zero-order valence-corrected chi connectivity index (χ0v) is 15.7. The van der Waals surface area contributed by atoms with E-state index in [-0.39, 0.29) is 5.75 Å². The fourth-order valence-electron chi connectivity index (χ4n) is 2.78. The monoisotopic (exact) mass is 371 g/mol. The lowest BCUT2D eigenvalue weighted by Crippen LogP contribution is -2.37. The van der Waals surface area contributed by atoms with E-state index in [9.17, 15) is 5.11 Å². The lowest BCUT2D eigenvalue weighted by molar-refractivity contribution is 0.111. The summed E-state index contributed by atoms with van der Waals surface area (Å²) in [5, 5.41) is 17.6. The standard InChI is InChI=1S/C19H21N3O3S/c1-19(2)11-15(13-10-12(23)8-9-16(13)25-19)21-22-18(26)20-14-6-4-5-7-17(14)24-3/h4-10,23H,11H2,1-3H3,(H2,20,22,26)/b21-15+. The summed E-state index contributed by atoms with van der Waals surface area (Å²) in [6.07, 6.45) is 0.577. The van der Waals surface area contributed by atoms with Crippen LogP contribution in [-0.2, 0) is 0 Å². The molecule has 0 fully saturated rings. The van der Waals surface area contributed by atoms with Crippen molar-refractivity contribution in [3.05, 3.63) is 48.0 Å². The van der Waals surface area contributed by atoms with Crippen molar-refractivity contribution in [2.24, 2.45) is 5.10 Å². The van der Waals surface area contributed by atoms with Gasteiger partial charge in [-0.05, 0) is 56.4 Å². The third-order valence-corrected chi connectivity index (χ3v) is 4.09. The number of thiocarbonyl (C=S) groups is 1. The van der Waals surface area contributed by atoms with Gasteiger partial charge in [0.05, 0.1) is 18.5 Å². The molecule has 0 radical (unpaired) electrons. The Morgan fingerprint density at radius 2 is 2.04 bits per heavy atom. The van der Waals surface area contributed by atoms with Crippen LogP contribution in [0.2, 0.25) is 0 Å². The summed E-state index contributed by atoms with van der Waals surface area (Å²) in [7, 11) is 1.60. The van der Waals surface area contributed by atoms with Gasteiger partial charge in [0, 0.05) is 12.0 Å². The highest BCUT2D eigenvalue weighted by Gasteiger charge is 2.31. The molecule has 2 aromatic carbocycles. The Bertz CT molecular complexity index is 865. The van der Waals surface area contributed by atoms with Gasteiger partial charge in [-0.25, -0.2) is 0 Å². The normalized spacial score (nSPS) is 16.3. The quantitative estimate of drug-likeness (QED) is 0.565. The zero-order chi connectivity index (χ0) is 18.7. The summed E-state index contributed by atoms with van der Waals surface area (Å²) in [5.41, 5.74) is 4.72. The van der Waals surface area contributed by atoms with Crippen LogP contribution < -0.4 is 20.2 Å². The summed E-state index contributed by atoms with van der Waals surface area (Å²) < 4.78 is 11.3. The number of phenols is 1. The number of benzene rings is 2. The molecule has 0 saturated heterocycles. The van der Waals surface area contributed by atoms with Crippen molar-refractivity contribution in [2.75, 3.05) is 12.4 Å². The molecule has 1 aliphatic heterocycles. The molecule has 0 spiro atoms. The Morgan fingerprint density at radius 1 is 1.27 bits per heavy atom. The van der Waals surface area contributed by atoms with E-state index in [0.29, 0.717) is 23.0 Å². The Kier molecular flexibility index (Phi) is 4.99. The Balaban J connectivity index is 1.79. The van der Waals surface area contributed by atoms with Gasteiger partial charge >= 0.3 is 0 Å². The van der Waals surface area contributed by atoms with E-state index in [2.05, 4.69) is 15.8 Å². The number of nitrogens with zero attached hydrogens (tertiary/aromatic N) is 1. The van der Waals surface area contributed by atoms with Crippen molar-refractivity contribution in [3.63, 3.8) is 0 Å². The van der Waals surface area contributed by atoms with Gasteiger partial charge in [0.25, 0.3) is 0 Å². The van der Waals surface area contributed by atoms with Crippen LogP contribution >= 0.6 is 12.2 Å². The highest BCUT2D eigenvalue weighted by Crippen LogP contribution is 2.35. The minimum absolute atomic E-state index is 0.162. The number of phenolic OH excluding ortho intramolecular Hbond substituents is 1. The smallest absolute Gasteiger partial charge is 0.191 e. The first-order chi connectivity index (χ1) is 12.4. The molecule has 0 bridgehead atoms. The minimum atomic E-state index is -0.401. The van der Waals surface area contributed by atoms with Crippen LogP contribution in [0.15, 0.2) is 47.6 Å². The third-order valence-electron chi connectivity index (χ3n) is 3.90. The number of hydrogen-bond acceptors (Lipinski definition) is 5. The number of hydrogen-bond donors (Lipinski definition) is 3. The molecule has 7 heteroatoms. The molecular formula is C19H21N3O3S. The fraction of sp³-hybridized carbons (Fsp3) is 0.263. The van der Waals surface area contributed by atoms with Crippen molar-refractivity contribution < 1.29 is 14.6 Å². The maximum atomic E-state index is 9.78. The molecular weight excluding hydrogens is 350 g/mol. The molecule has 26 heavy (non-hydrogen) atoms. The number of ether oxygens (including phenoxy) is 2. The second kappa shape index (κ2) is 7.21. The minimum Gasteiger partial charge on any atom is -0.508 e. The van der Waals surface area contributed by atoms with Gasteiger partial charge in [0.1, 0.15) is 22.8 Å². The second-order valence-electron chi connectivity index (χ2n) is 6.54. The largest absolute Gasteiger partial charge is 0.508 e. The van der Waals surface area contributed by atoms with Crippen LogP contribution in [0.4, 0.5) is 5.69 Å². The van der Waals surface area contributed by atoms with Gasteiger partial charge < -0.3 is 19.9 Å². The second-order valence-corrected chi connectivity index (χ2v) is 6.95. The first-order valence-corrected chi connectivity index (χ1v) is 8.58. The summed E-state index contributed by atoms with van der Waals surface area (Å²) in [6, 6.07) is 12.5. The van der Waals surface area contributed by atoms with Crippen molar-refractivity contribution in [3.8, 4) is 17.2 Å². The highest BCUT2D eigenvalue weighted by atomic mass is 32.1. The van der Waals surface area contributed by atoms with Crippen LogP contribution in [0.1, 0.15) is 25.8 Å². The van der Waals surface area contributed by atoms with Crippen LogP contribution in [0, 0.1) is 0 Å². The molecule has 3 rings (SSSR count). The maximum absolute atomic E-state index is 9.78. The summed E-state index contributed by atoms with van der Waals surface area (Å²) in [4.78, 5) is 0. The van der Waals surface area contributed by atoms with Gasteiger partial charge in [-0.2, -0.15) is 5.10 Å². The number of nitrogens with one attached hydrogen (secondary N) is 2. The third kappa shape index (κ3) is 4.05. The molecule has 1 heterocycles. The van der Waals surface area contributed by atoms with Crippen molar-refractivity contribution >= 4 is 28.7 Å². The van der Waals surface area contributed by atoms with E-state index in [1.54, 1.807) is 25.3 Å². The zero-order valence-electron chi connectivity index (χ0n) is 14.9. The molecule has 0 saturated carbocycles. The van der Waals surface area contributed by atoms with E-state index in [4.69, 9.17) is 21.7 Å². The molecule has 0 aromatic heterocycles. The lowest BCUT2D eigenvalue weighted by Gasteiger charge is -2.33. The van der Waals surface area contributed by atoms with E-state index in [0.717, 1.165) is 17.0 Å². The highest BCUT2D eigenvalue weighted by molar-refractivity contribution is 7.80. The Hall–Kier alpha value is -2.80. The van der Waals surface area contributed by atoms with Crippen LogP contribution in [0.25, 0.3) is 0 Å². The molecule has 0 amide bonds. The lowest BCUT2D eigenvalue weighted by atomic mass is 9.92. The van der Waals surface area contributed by atoms with Crippen LogP contribution in [-0.4, -0.2) is 28.6 Å². The van der Waals surface area contributed by atoms with E-state index < -0.39 is 5.60 Å². The number of aromatic hydroxyl groups is 1. The predicted octanol–water partition coefficient (Wildman–Crippen LogP) is 3.65. The van der Waals surface area contributed by atoms with Crippen molar-refractivity contribution in [1.29, 1.82) is 0 Å². The van der Waals surface area contributed by atoms with Gasteiger partial charge in [0.2, 0.25) is 0 Å². The molecule has 136 valence electrons. The average Bonchev–Trinajstić information content (AvgIpc) is 2.60. The fourth-order valence-corrected chi connectivity index (χ4v) is 2.94. The molecule has 0 atom stereocenters. The van der Waals surface area contributed by atoms with Gasteiger partial charge in [-0.3, -0.25) is 5.43 Å². The maximum Gasteiger partial charge on any atom is 0.191 e. The SMILES string of the molecule is COc1ccccc1NC(=S)N/N=C1\CC(C)(C)Oc2ccc(O)cc21. The van der Waals surface area contributed by atoms with Gasteiger partial charge in [0.15, 0.2) is 5.11 Å². The Morgan fingerprint density at radius 3 is 2.81 bits per heavy atom. The van der Waals surface area contributed by atoms with Crippen molar-refractivity contribution in [2.45, 2.75) is 25.9 Å². The molecule has 0 unspecified atom stereocenters. The Labute approximate surface area is 157 Å². The van der Waals surface area contributed by atoms with Gasteiger partial charge in [-0.1, -0.05) is 12.1 Å². The van der Waals surface area contributed by atoms with Crippen LogP contribution in [0.3, 0.4) is 0 Å². The van der Waals surface area contributed by atoms with E-state index in [1.807, 2.05) is 38.1 Å². The van der Waals surface area contributed by atoms with E-state index >= 15 is 0 Å². The van der Waals surface area contributed by atoms with Gasteiger partial charge in [-0.15, -0.1) is 0 Å². The molecule has 3 N–H and O–H groups in total. The first kappa shape index (κ1) is 18.0. The number of rotatable bonds is 3. The van der Waals surface area contributed by atoms with Crippen molar-refractivity contribution in [1.82, 2.24) is 5.43 Å². The number of fused-ring (bicyclic) bond motifs is 1. The first-order valence-electron chi connectivity index (χ1n) is 8.17. The number of anilines is 1. The van der Waals surface area contributed by atoms with E-state index in [1.165, 1.54) is 0 Å². The summed E-state index contributed by atoms with van der Waals surface area (Å²) in [6.45, 7) is 3.98. The summed E-state index contributed by atoms with van der Waals surface area (Å²) in [5.74, 6) is 1.53. The molecule has 0 aliphatic carbocycles. The van der Waals surface area contributed by atoms with Crippen LogP contribution in [0.5, 0.6) is 17.2 Å². The predicted molar refractivity (Wildman–Crippen MR) is 106 cm³/mol. The summed E-state index contributed by atoms with van der Waals surface area (Å²) >= 11 is 5.33. The molecule has 1 aliphatic rings. The number of hydrazone groups is 1. The average molecular weight is 371 g/mol.